The second kappa shape index (κ2) is 11.6. The first kappa shape index (κ1) is 29.3. The van der Waals surface area contributed by atoms with E-state index in [0.29, 0.717) is 6.42 Å². The molecule has 5 atom stereocenters. The third-order valence-electron chi connectivity index (χ3n) is 6.72. The van der Waals surface area contributed by atoms with Gasteiger partial charge in [-0.1, -0.05) is 62.2 Å². The monoisotopic (exact) mass is 553 g/mol. The molecular weight excluding hydrogens is 523 g/mol. The van der Waals surface area contributed by atoms with Crippen molar-refractivity contribution in [1.29, 1.82) is 5.26 Å². The SMILES string of the molecule is CC(C)(C)C[C@H]1N[C@H](C(=O)NCC[C@H](O)CO)[C@@H](c2cccc(Cl)c2F)[C@]1(C#N)c1ccc(Cl)cc1F. The minimum absolute atomic E-state index is 0.00264. The van der Waals surface area contributed by atoms with Gasteiger partial charge in [0.1, 0.15) is 17.0 Å². The van der Waals surface area contributed by atoms with Crippen LogP contribution in [-0.2, 0) is 10.2 Å². The normalized spacial score (nSPS) is 24.5. The summed E-state index contributed by atoms with van der Waals surface area (Å²) in [7, 11) is 0. The maximum atomic E-state index is 15.5. The van der Waals surface area contributed by atoms with Gasteiger partial charge in [0, 0.05) is 29.1 Å². The van der Waals surface area contributed by atoms with E-state index in [2.05, 4.69) is 16.7 Å². The first-order chi connectivity index (χ1) is 17.4. The van der Waals surface area contributed by atoms with Crippen molar-refractivity contribution >= 4 is 29.1 Å². The number of hydrogen-bond acceptors (Lipinski definition) is 5. The highest BCUT2D eigenvalue weighted by Gasteiger charge is 2.61. The maximum Gasteiger partial charge on any atom is 0.237 e. The van der Waals surface area contributed by atoms with Crippen molar-refractivity contribution < 1.29 is 23.8 Å². The molecule has 1 amide bonds. The number of aliphatic hydroxyl groups is 2. The molecule has 1 fully saturated rings. The molecule has 2 aromatic rings. The number of halogens is 4. The van der Waals surface area contributed by atoms with Gasteiger partial charge in [0.2, 0.25) is 5.91 Å². The summed E-state index contributed by atoms with van der Waals surface area (Å²) in [4.78, 5) is 13.5. The molecule has 0 bridgehead atoms. The van der Waals surface area contributed by atoms with Crippen molar-refractivity contribution in [3.8, 4) is 6.07 Å². The quantitative estimate of drug-likeness (QED) is 0.386. The highest BCUT2D eigenvalue weighted by molar-refractivity contribution is 6.31. The minimum Gasteiger partial charge on any atom is -0.394 e. The first-order valence-corrected chi connectivity index (χ1v) is 12.7. The van der Waals surface area contributed by atoms with Gasteiger partial charge in [0.15, 0.2) is 0 Å². The number of rotatable bonds is 8. The number of hydrogen-bond donors (Lipinski definition) is 4. The van der Waals surface area contributed by atoms with Crippen LogP contribution in [0.25, 0.3) is 0 Å². The summed E-state index contributed by atoms with van der Waals surface area (Å²) in [6, 6.07) is 8.68. The molecular formula is C27H31Cl2F2N3O3. The third kappa shape index (κ3) is 6.08. The lowest BCUT2D eigenvalue weighted by Crippen LogP contribution is -2.46. The zero-order valence-corrected chi connectivity index (χ0v) is 22.4. The van der Waals surface area contributed by atoms with E-state index in [1.807, 2.05) is 20.8 Å². The summed E-state index contributed by atoms with van der Waals surface area (Å²) < 4.78 is 31.1. The van der Waals surface area contributed by atoms with Crippen LogP contribution < -0.4 is 10.6 Å². The molecule has 2 aromatic carbocycles. The molecule has 0 saturated carbocycles. The van der Waals surface area contributed by atoms with Crippen LogP contribution in [0.15, 0.2) is 36.4 Å². The fourth-order valence-electron chi connectivity index (χ4n) is 5.12. The Kier molecular flexibility index (Phi) is 9.20. The van der Waals surface area contributed by atoms with Gasteiger partial charge in [0.05, 0.1) is 29.8 Å². The van der Waals surface area contributed by atoms with Crippen molar-refractivity contribution in [2.75, 3.05) is 13.2 Å². The number of aliphatic hydroxyl groups excluding tert-OH is 2. The summed E-state index contributed by atoms with van der Waals surface area (Å²) in [6.45, 7) is 5.42. The van der Waals surface area contributed by atoms with Gasteiger partial charge in [-0.05, 0) is 42.0 Å². The molecule has 37 heavy (non-hydrogen) atoms. The Morgan fingerprint density at radius 1 is 1.27 bits per heavy atom. The zero-order chi connectivity index (χ0) is 27.5. The van der Waals surface area contributed by atoms with E-state index >= 15 is 8.78 Å². The van der Waals surface area contributed by atoms with Crippen LogP contribution in [0.1, 0.15) is 50.7 Å². The smallest absolute Gasteiger partial charge is 0.237 e. The molecule has 0 spiro atoms. The number of nitrogens with zero attached hydrogens (tertiary/aromatic N) is 1. The largest absolute Gasteiger partial charge is 0.394 e. The Bertz CT molecular complexity index is 1180. The van der Waals surface area contributed by atoms with Crippen LogP contribution in [0.4, 0.5) is 8.78 Å². The van der Waals surface area contributed by atoms with Crippen molar-refractivity contribution in [1.82, 2.24) is 10.6 Å². The molecule has 1 aliphatic heterocycles. The number of carbonyl (C=O) groups excluding carboxylic acids is 1. The van der Waals surface area contributed by atoms with Gasteiger partial charge in [-0.15, -0.1) is 0 Å². The minimum atomic E-state index is -1.71. The number of nitrogens with one attached hydrogen (secondary N) is 2. The number of amides is 1. The van der Waals surface area contributed by atoms with Crippen LogP contribution in [0, 0.1) is 28.4 Å². The second-order valence-corrected chi connectivity index (χ2v) is 11.4. The molecule has 3 rings (SSSR count). The lowest BCUT2D eigenvalue weighted by molar-refractivity contribution is -0.123. The molecule has 0 unspecified atom stereocenters. The molecule has 0 aromatic heterocycles. The molecule has 10 heteroatoms. The van der Waals surface area contributed by atoms with Crippen LogP contribution >= 0.6 is 23.2 Å². The average Bonchev–Trinajstić information content (AvgIpc) is 3.13. The summed E-state index contributed by atoms with van der Waals surface area (Å²) in [5.74, 6) is -3.26. The molecule has 1 saturated heterocycles. The van der Waals surface area contributed by atoms with Crippen molar-refractivity contribution in [3.05, 3.63) is 69.2 Å². The van der Waals surface area contributed by atoms with Crippen LogP contribution in [-0.4, -0.2) is 47.5 Å². The van der Waals surface area contributed by atoms with E-state index in [-0.39, 0.29) is 39.6 Å². The summed E-state index contributed by atoms with van der Waals surface area (Å²) in [5, 5.41) is 35.3. The molecule has 4 N–H and O–H groups in total. The van der Waals surface area contributed by atoms with Gasteiger partial charge >= 0.3 is 0 Å². The summed E-state index contributed by atoms with van der Waals surface area (Å²) >= 11 is 12.1. The molecule has 6 nitrogen and oxygen atoms in total. The molecule has 1 aliphatic rings. The number of benzene rings is 2. The Morgan fingerprint density at radius 2 is 1.97 bits per heavy atom. The number of nitriles is 1. The predicted molar refractivity (Wildman–Crippen MR) is 138 cm³/mol. The Balaban J connectivity index is 2.24. The fourth-order valence-corrected chi connectivity index (χ4v) is 5.46. The molecule has 200 valence electrons. The first-order valence-electron chi connectivity index (χ1n) is 12.0. The Hall–Kier alpha value is -2.28. The van der Waals surface area contributed by atoms with Gasteiger partial charge in [-0.3, -0.25) is 4.79 Å². The molecule has 0 radical (unpaired) electrons. The number of carbonyl (C=O) groups is 1. The third-order valence-corrected chi connectivity index (χ3v) is 7.25. The van der Waals surface area contributed by atoms with Crippen LogP contribution in [0.2, 0.25) is 10.0 Å². The van der Waals surface area contributed by atoms with Gasteiger partial charge in [0.25, 0.3) is 0 Å². The zero-order valence-electron chi connectivity index (χ0n) is 20.9. The van der Waals surface area contributed by atoms with Crippen LogP contribution in [0.5, 0.6) is 0 Å². The maximum absolute atomic E-state index is 15.5. The topological polar surface area (TPSA) is 105 Å². The van der Waals surface area contributed by atoms with Gasteiger partial charge in [-0.25, -0.2) is 8.78 Å². The molecule has 0 aliphatic carbocycles. The van der Waals surface area contributed by atoms with Crippen LogP contribution in [0.3, 0.4) is 0 Å². The van der Waals surface area contributed by atoms with E-state index in [0.717, 1.165) is 6.07 Å². The lowest BCUT2D eigenvalue weighted by Gasteiger charge is -2.37. The van der Waals surface area contributed by atoms with E-state index in [1.54, 1.807) is 0 Å². The summed E-state index contributed by atoms with van der Waals surface area (Å²) in [5.41, 5.74) is -2.06. The van der Waals surface area contributed by atoms with Crippen molar-refractivity contribution in [2.45, 2.75) is 63.1 Å². The van der Waals surface area contributed by atoms with Gasteiger partial charge < -0.3 is 20.8 Å². The molecule has 1 heterocycles. The van der Waals surface area contributed by atoms with E-state index in [9.17, 15) is 15.2 Å². The Labute approximate surface area is 225 Å². The van der Waals surface area contributed by atoms with Crippen molar-refractivity contribution in [2.24, 2.45) is 5.41 Å². The van der Waals surface area contributed by atoms with Crippen molar-refractivity contribution in [3.63, 3.8) is 0 Å². The van der Waals surface area contributed by atoms with Gasteiger partial charge in [-0.2, -0.15) is 5.26 Å². The highest BCUT2D eigenvalue weighted by Crippen LogP contribution is 2.52. The van der Waals surface area contributed by atoms with E-state index in [4.69, 9.17) is 28.3 Å². The second-order valence-electron chi connectivity index (χ2n) is 10.6. The predicted octanol–water partition coefficient (Wildman–Crippen LogP) is 4.45. The summed E-state index contributed by atoms with van der Waals surface area (Å²) in [6.07, 6.45) is -0.576. The average molecular weight is 554 g/mol. The van der Waals surface area contributed by atoms with E-state index < -0.39 is 53.7 Å². The lowest BCUT2D eigenvalue weighted by atomic mass is 9.62. The highest BCUT2D eigenvalue weighted by atomic mass is 35.5. The fraction of sp³-hybridized carbons (Fsp3) is 0.481. The standard InChI is InChI=1S/C27H31Cl2F2N3O3/c1-26(2,3)12-21-27(14-32,18-8-7-15(28)11-20(18)30)22(17-5-4-6-19(29)23(17)31)24(34-21)25(37)33-10-9-16(36)13-35/h4-8,11,16,21-22,24,34-36H,9-10,12-13H2,1-3H3,(H,33,37)/t16-,21+,22+,24-,27+/m0/s1. The Morgan fingerprint density at radius 3 is 2.57 bits per heavy atom. The van der Waals surface area contributed by atoms with E-state index in [1.165, 1.54) is 30.3 Å².